The van der Waals surface area contributed by atoms with Crippen LogP contribution in [0.3, 0.4) is 0 Å². The highest BCUT2D eigenvalue weighted by molar-refractivity contribution is 5.92. The molecule has 0 saturated heterocycles. The monoisotopic (exact) mass is 326 g/mol. The third kappa shape index (κ3) is 5.99. The lowest BCUT2D eigenvalue weighted by atomic mass is 10.1. The molecule has 5 nitrogen and oxygen atoms in total. The van der Waals surface area contributed by atoms with Gasteiger partial charge in [0.1, 0.15) is 5.69 Å². The van der Waals surface area contributed by atoms with Gasteiger partial charge in [0, 0.05) is 18.8 Å². The summed E-state index contributed by atoms with van der Waals surface area (Å²) in [6, 6.07) is 12.0. The van der Waals surface area contributed by atoms with Gasteiger partial charge in [0.2, 0.25) is 5.95 Å². The third-order valence-corrected chi connectivity index (χ3v) is 3.67. The molecule has 0 unspecified atom stereocenters. The Balaban J connectivity index is 1.82. The zero-order valence-electron chi connectivity index (χ0n) is 14.5. The minimum Gasteiger partial charge on any atom is -0.354 e. The van der Waals surface area contributed by atoms with E-state index in [0.717, 1.165) is 37.9 Å². The predicted octanol–water partition coefficient (Wildman–Crippen LogP) is 3.36. The Labute approximate surface area is 143 Å². The molecule has 1 aromatic heterocycles. The number of anilines is 1. The summed E-state index contributed by atoms with van der Waals surface area (Å²) in [5.74, 6) is 0.380. The molecule has 2 N–H and O–H groups in total. The van der Waals surface area contributed by atoms with Crippen LogP contribution in [0.4, 0.5) is 5.95 Å². The van der Waals surface area contributed by atoms with Crippen LogP contribution in [-0.4, -0.2) is 29.0 Å². The normalized spacial score (nSPS) is 10.4. The van der Waals surface area contributed by atoms with E-state index in [4.69, 9.17) is 0 Å². The van der Waals surface area contributed by atoms with Gasteiger partial charge in [-0.2, -0.15) is 0 Å². The van der Waals surface area contributed by atoms with Crippen molar-refractivity contribution in [1.82, 2.24) is 15.3 Å². The summed E-state index contributed by atoms with van der Waals surface area (Å²) in [4.78, 5) is 20.9. The summed E-state index contributed by atoms with van der Waals surface area (Å²) in [6.45, 7) is 5.46. The lowest BCUT2D eigenvalue weighted by Crippen LogP contribution is -2.26. The van der Waals surface area contributed by atoms with Crippen molar-refractivity contribution in [2.45, 2.75) is 39.5 Å². The summed E-state index contributed by atoms with van der Waals surface area (Å²) in [6.07, 6.45) is 4.01. The van der Waals surface area contributed by atoms with Crippen molar-refractivity contribution in [2.24, 2.45) is 0 Å². The van der Waals surface area contributed by atoms with Gasteiger partial charge < -0.3 is 10.6 Å². The van der Waals surface area contributed by atoms with E-state index in [2.05, 4.69) is 39.7 Å². The molecule has 0 atom stereocenters. The number of rotatable bonds is 9. The van der Waals surface area contributed by atoms with Crippen LogP contribution in [0.5, 0.6) is 0 Å². The number of hydrogen-bond donors (Lipinski definition) is 2. The standard InChI is InChI=1S/C19H26N4O/c1-3-4-12-21-19-22-15(2)14-17(23-19)18(24)20-13-8-11-16-9-6-5-7-10-16/h5-7,9-10,14H,3-4,8,11-13H2,1-2H3,(H,20,24)(H,21,22,23). The van der Waals surface area contributed by atoms with Gasteiger partial charge in [-0.25, -0.2) is 9.97 Å². The minimum atomic E-state index is -0.146. The fourth-order valence-electron chi connectivity index (χ4n) is 2.37. The fourth-order valence-corrected chi connectivity index (χ4v) is 2.37. The first-order chi connectivity index (χ1) is 11.7. The van der Waals surface area contributed by atoms with Crippen LogP contribution in [0.1, 0.15) is 47.9 Å². The average molecular weight is 326 g/mol. The zero-order chi connectivity index (χ0) is 17.2. The zero-order valence-corrected chi connectivity index (χ0v) is 14.5. The van der Waals surface area contributed by atoms with E-state index in [1.807, 2.05) is 25.1 Å². The smallest absolute Gasteiger partial charge is 0.270 e. The molecule has 2 rings (SSSR count). The molecule has 1 heterocycles. The number of amides is 1. The molecule has 5 heteroatoms. The largest absolute Gasteiger partial charge is 0.354 e. The van der Waals surface area contributed by atoms with E-state index >= 15 is 0 Å². The number of carbonyl (C=O) groups is 1. The quantitative estimate of drug-likeness (QED) is 0.693. The Hall–Kier alpha value is -2.43. The van der Waals surface area contributed by atoms with Gasteiger partial charge in [-0.3, -0.25) is 4.79 Å². The molecule has 2 aromatic rings. The molecule has 1 amide bonds. The van der Waals surface area contributed by atoms with E-state index in [1.54, 1.807) is 6.07 Å². The molecule has 0 fully saturated rings. The Kier molecular flexibility index (Phi) is 7.21. The van der Waals surface area contributed by atoms with Crippen LogP contribution in [0.2, 0.25) is 0 Å². The Bertz CT molecular complexity index is 643. The molecule has 0 radical (unpaired) electrons. The summed E-state index contributed by atoms with van der Waals surface area (Å²) in [7, 11) is 0. The van der Waals surface area contributed by atoms with Gasteiger partial charge in [0.15, 0.2) is 0 Å². The molecule has 24 heavy (non-hydrogen) atoms. The van der Waals surface area contributed by atoms with Gasteiger partial charge in [-0.1, -0.05) is 43.7 Å². The summed E-state index contributed by atoms with van der Waals surface area (Å²) >= 11 is 0. The van der Waals surface area contributed by atoms with Gasteiger partial charge in [0.25, 0.3) is 5.91 Å². The Morgan fingerprint density at radius 2 is 1.88 bits per heavy atom. The first-order valence-electron chi connectivity index (χ1n) is 8.60. The third-order valence-electron chi connectivity index (χ3n) is 3.67. The van der Waals surface area contributed by atoms with Crippen LogP contribution in [0.25, 0.3) is 0 Å². The topological polar surface area (TPSA) is 66.9 Å². The number of carbonyl (C=O) groups excluding carboxylic acids is 1. The van der Waals surface area contributed by atoms with Crippen LogP contribution < -0.4 is 10.6 Å². The molecule has 0 saturated carbocycles. The second-order valence-electron chi connectivity index (χ2n) is 5.84. The van der Waals surface area contributed by atoms with Crippen LogP contribution in [0.15, 0.2) is 36.4 Å². The maximum Gasteiger partial charge on any atom is 0.270 e. The molecule has 0 bridgehead atoms. The molecule has 0 aliphatic heterocycles. The van der Waals surface area contributed by atoms with Crippen molar-refractivity contribution in [2.75, 3.05) is 18.4 Å². The van der Waals surface area contributed by atoms with Crippen LogP contribution in [-0.2, 0) is 6.42 Å². The molecule has 0 aliphatic carbocycles. The highest BCUT2D eigenvalue weighted by atomic mass is 16.1. The van der Waals surface area contributed by atoms with E-state index in [9.17, 15) is 4.79 Å². The number of benzene rings is 1. The lowest BCUT2D eigenvalue weighted by molar-refractivity contribution is 0.0948. The molecule has 0 aliphatic rings. The van der Waals surface area contributed by atoms with Gasteiger partial charge >= 0.3 is 0 Å². The van der Waals surface area contributed by atoms with Crippen molar-refractivity contribution in [1.29, 1.82) is 0 Å². The molecule has 1 aromatic carbocycles. The van der Waals surface area contributed by atoms with Crippen molar-refractivity contribution >= 4 is 11.9 Å². The minimum absolute atomic E-state index is 0.146. The summed E-state index contributed by atoms with van der Waals surface area (Å²) in [5, 5.41) is 6.10. The number of unbranched alkanes of at least 4 members (excludes halogenated alkanes) is 1. The number of aryl methyl sites for hydroxylation is 2. The van der Waals surface area contributed by atoms with E-state index < -0.39 is 0 Å². The lowest BCUT2D eigenvalue weighted by Gasteiger charge is -2.08. The maximum absolute atomic E-state index is 12.3. The highest BCUT2D eigenvalue weighted by Crippen LogP contribution is 2.06. The van der Waals surface area contributed by atoms with E-state index in [1.165, 1.54) is 5.56 Å². The van der Waals surface area contributed by atoms with Crippen LogP contribution >= 0.6 is 0 Å². The fraction of sp³-hybridized carbons (Fsp3) is 0.421. The number of nitrogens with zero attached hydrogens (tertiary/aromatic N) is 2. The average Bonchev–Trinajstić information content (AvgIpc) is 2.59. The number of nitrogens with one attached hydrogen (secondary N) is 2. The van der Waals surface area contributed by atoms with Crippen molar-refractivity contribution in [3.05, 3.63) is 53.3 Å². The van der Waals surface area contributed by atoms with Crippen molar-refractivity contribution in [3.63, 3.8) is 0 Å². The van der Waals surface area contributed by atoms with Crippen molar-refractivity contribution in [3.8, 4) is 0 Å². The number of hydrogen-bond acceptors (Lipinski definition) is 4. The molecule has 128 valence electrons. The maximum atomic E-state index is 12.3. The SMILES string of the molecule is CCCCNc1nc(C)cc(C(=O)NCCCc2ccccc2)n1. The Morgan fingerprint density at radius 3 is 2.62 bits per heavy atom. The molecule has 0 spiro atoms. The first-order valence-corrected chi connectivity index (χ1v) is 8.60. The highest BCUT2D eigenvalue weighted by Gasteiger charge is 2.10. The summed E-state index contributed by atoms with van der Waals surface area (Å²) in [5.41, 5.74) is 2.49. The summed E-state index contributed by atoms with van der Waals surface area (Å²) < 4.78 is 0. The second-order valence-corrected chi connectivity index (χ2v) is 5.84. The predicted molar refractivity (Wildman–Crippen MR) is 97.3 cm³/mol. The van der Waals surface area contributed by atoms with Gasteiger partial charge in [0.05, 0.1) is 0 Å². The second kappa shape index (κ2) is 9.65. The van der Waals surface area contributed by atoms with Gasteiger partial charge in [-0.15, -0.1) is 0 Å². The van der Waals surface area contributed by atoms with Crippen molar-refractivity contribution < 1.29 is 4.79 Å². The van der Waals surface area contributed by atoms with E-state index in [-0.39, 0.29) is 5.91 Å². The van der Waals surface area contributed by atoms with Gasteiger partial charge in [-0.05, 0) is 37.8 Å². The molecular formula is C19H26N4O. The van der Waals surface area contributed by atoms with E-state index in [0.29, 0.717) is 18.2 Å². The Morgan fingerprint density at radius 1 is 1.08 bits per heavy atom. The number of aromatic nitrogens is 2. The molecular weight excluding hydrogens is 300 g/mol. The van der Waals surface area contributed by atoms with Crippen LogP contribution in [0, 0.1) is 6.92 Å². The first kappa shape index (κ1) is 17.9.